The minimum atomic E-state index is 0.236. The van der Waals surface area contributed by atoms with E-state index in [0.29, 0.717) is 5.02 Å². The Kier molecular flexibility index (Phi) is 4.27. The molecule has 1 aromatic carbocycles. The summed E-state index contributed by atoms with van der Waals surface area (Å²) in [5.41, 5.74) is 1.16. The quantitative estimate of drug-likeness (QED) is 0.727. The smallest absolute Gasteiger partial charge is 0.138 e. The first-order chi connectivity index (χ1) is 6.63. The summed E-state index contributed by atoms with van der Waals surface area (Å²) in [5, 5.41) is 0.702. The fourth-order valence-electron chi connectivity index (χ4n) is 1.38. The molecule has 0 fully saturated rings. The SMILES string of the molecule is CCCC(C)Oc1ccc(C)cc1Cl. The Labute approximate surface area is 91.0 Å². The number of hydrogen-bond acceptors (Lipinski definition) is 1. The number of halogens is 1. The largest absolute Gasteiger partial charge is 0.489 e. The Hall–Kier alpha value is -0.690. The van der Waals surface area contributed by atoms with Gasteiger partial charge in [0.25, 0.3) is 0 Å². The van der Waals surface area contributed by atoms with Crippen LogP contribution in [0.4, 0.5) is 0 Å². The van der Waals surface area contributed by atoms with Crippen LogP contribution in [0.15, 0.2) is 18.2 Å². The van der Waals surface area contributed by atoms with Crippen LogP contribution < -0.4 is 4.74 Å². The summed E-state index contributed by atoms with van der Waals surface area (Å²) >= 11 is 6.05. The predicted octanol–water partition coefficient (Wildman–Crippen LogP) is 4.22. The molecule has 0 radical (unpaired) electrons. The van der Waals surface area contributed by atoms with E-state index in [1.165, 1.54) is 0 Å². The summed E-state index contributed by atoms with van der Waals surface area (Å²) in [6.45, 7) is 6.24. The number of ether oxygens (including phenoxy) is 1. The van der Waals surface area contributed by atoms with Crippen molar-refractivity contribution in [1.29, 1.82) is 0 Å². The molecule has 0 aliphatic rings. The Balaban J connectivity index is 2.67. The number of rotatable bonds is 4. The van der Waals surface area contributed by atoms with Crippen molar-refractivity contribution in [2.45, 2.75) is 39.7 Å². The molecular formula is C12H17ClO. The van der Waals surface area contributed by atoms with Gasteiger partial charge in [0.2, 0.25) is 0 Å². The van der Waals surface area contributed by atoms with E-state index in [-0.39, 0.29) is 6.10 Å². The van der Waals surface area contributed by atoms with Crippen LogP contribution in [0.3, 0.4) is 0 Å². The fourth-order valence-corrected chi connectivity index (χ4v) is 1.66. The maximum absolute atomic E-state index is 6.05. The van der Waals surface area contributed by atoms with Crippen molar-refractivity contribution in [3.05, 3.63) is 28.8 Å². The summed E-state index contributed by atoms with van der Waals surface area (Å²) in [4.78, 5) is 0. The molecular weight excluding hydrogens is 196 g/mol. The number of benzene rings is 1. The topological polar surface area (TPSA) is 9.23 Å². The van der Waals surface area contributed by atoms with Crippen molar-refractivity contribution >= 4 is 11.6 Å². The van der Waals surface area contributed by atoms with Crippen molar-refractivity contribution in [2.75, 3.05) is 0 Å². The van der Waals surface area contributed by atoms with Gasteiger partial charge in [-0.05, 0) is 38.0 Å². The highest BCUT2D eigenvalue weighted by Crippen LogP contribution is 2.26. The van der Waals surface area contributed by atoms with Gasteiger partial charge in [-0.2, -0.15) is 0 Å². The lowest BCUT2D eigenvalue weighted by molar-refractivity contribution is 0.210. The zero-order valence-corrected chi connectivity index (χ0v) is 9.77. The van der Waals surface area contributed by atoms with Crippen LogP contribution in [0.1, 0.15) is 32.3 Å². The molecule has 1 atom stereocenters. The minimum Gasteiger partial charge on any atom is -0.489 e. The molecule has 1 nitrogen and oxygen atoms in total. The summed E-state index contributed by atoms with van der Waals surface area (Å²) < 4.78 is 5.71. The fraction of sp³-hybridized carbons (Fsp3) is 0.500. The first-order valence-corrected chi connectivity index (χ1v) is 5.44. The van der Waals surface area contributed by atoms with Crippen LogP contribution in [-0.2, 0) is 0 Å². The van der Waals surface area contributed by atoms with Crippen molar-refractivity contribution in [2.24, 2.45) is 0 Å². The van der Waals surface area contributed by atoms with Gasteiger partial charge in [0, 0.05) is 0 Å². The number of aryl methyl sites for hydroxylation is 1. The van der Waals surface area contributed by atoms with E-state index in [9.17, 15) is 0 Å². The van der Waals surface area contributed by atoms with Gasteiger partial charge >= 0.3 is 0 Å². The summed E-state index contributed by atoms with van der Waals surface area (Å²) in [5.74, 6) is 0.790. The Morgan fingerprint density at radius 1 is 1.43 bits per heavy atom. The molecule has 0 aromatic heterocycles. The van der Waals surface area contributed by atoms with Crippen LogP contribution in [0.5, 0.6) is 5.75 Å². The van der Waals surface area contributed by atoms with Gasteiger partial charge in [0.15, 0.2) is 0 Å². The molecule has 1 aromatic rings. The predicted molar refractivity (Wildman–Crippen MR) is 61.2 cm³/mol. The standard InChI is InChI=1S/C12H17ClO/c1-4-5-10(3)14-12-7-6-9(2)8-11(12)13/h6-8,10H,4-5H2,1-3H3. The molecule has 1 unspecified atom stereocenters. The summed E-state index contributed by atoms with van der Waals surface area (Å²) in [6, 6.07) is 5.87. The van der Waals surface area contributed by atoms with Gasteiger partial charge in [-0.25, -0.2) is 0 Å². The molecule has 78 valence electrons. The molecule has 0 saturated heterocycles. The highest BCUT2D eigenvalue weighted by Gasteiger charge is 2.06. The Morgan fingerprint density at radius 3 is 2.71 bits per heavy atom. The van der Waals surface area contributed by atoms with Crippen molar-refractivity contribution < 1.29 is 4.74 Å². The third-order valence-electron chi connectivity index (χ3n) is 2.11. The highest BCUT2D eigenvalue weighted by atomic mass is 35.5. The third kappa shape index (κ3) is 3.22. The second-order valence-electron chi connectivity index (χ2n) is 3.65. The van der Waals surface area contributed by atoms with Gasteiger partial charge in [-0.15, -0.1) is 0 Å². The van der Waals surface area contributed by atoms with Crippen LogP contribution in [0.25, 0.3) is 0 Å². The molecule has 14 heavy (non-hydrogen) atoms. The average molecular weight is 213 g/mol. The van der Waals surface area contributed by atoms with Crippen molar-refractivity contribution in [3.8, 4) is 5.75 Å². The molecule has 1 rings (SSSR count). The average Bonchev–Trinajstić information content (AvgIpc) is 2.10. The van der Waals surface area contributed by atoms with Crippen LogP contribution >= 0.6 is 11.6 Å². The number of hydrogen-bond donors (Lipinski definition) is 0. The molecule has 0 aliphatic heterocycles. The maximum atomic E-state index is 6.05. The third-order valence-corrected chi connectivity index (χ3v) is 2.41. The summed E-state index contributed by atoms with van der Waals surface area (Å²) in [6.07, 6.45) is 2.43. The van der Waals surface area contributed by atoms with E-state index in [0.717, 1.165) is 24.2 Å². The molecule has 0 spiro atoms. The van der Waals surface area contributed by atoms with Crippen LogP contribution in [0, 0.1) is 6.92 Å². The highest BCUT2D eigenvalue weighted by molar-refractivity contribution is 6.32. The molecule has 0 aliphatic carbocycles. The van der Waals surface area contributed by atoms with Crippen LogP contribution in [-0.4, -0.2) is 6.10 Å². The Bertz CT molecular complexity index is 296. The first-order valence-electron chi connectivity index (χ1n) is 5.06. The van der Waals surface area contributed by atoms with E-state index in [1.54, 1.807) is 0 Å². The Morgan fingerprint density at radius 2 is 2.14 bits per heavy atom. The van der Waals surface area contributed by atoms with Gasteiger partial charge in [-0.3, -0.25) is 0 Å². The van der Waals surface area contributed by atoms with Gasteiger partial charge < -0.3 is 4.74 Å². The molecule has 0 bridgehead atoms. The lowest BCUT2D eigenvalue weighted by atomic mass is 10.2. The zero-order chi connectivity index (χ0) is 10.6. The second-order valence-corrected chi connectivity index (χ2v) is 4.06. The van der Waals surface area contributed by atoms with Crippen molar-refractivity contribution in [1.82, 2.24) is 0 Å². The minimum absolute atomic E-state index is 0.236. The molecule has 0 N–H and O–H groups in total. The van der Waals surface area contributed by atoms with E-state index in [2.05, 4.69) is 13.8 Å². The molecule has 0 amide bonds. The van der Waals surface area contributed by atoms with E-state index >= 15 is 0 Å². The first kappa shape index (κ1) is 11.4. The molecule has 2 heteroatoms. The second kappa shape index (κ2) is 5.26. The molecule has 0 saturated carbocycles. The normalized spacial score (nSPS) is 12.6. The van der Waals surface area contributed by atoms with Gasteiger partial charge in [-0.1, -0.05) is 31.0 Å². The zero-order valence-electron chi connectivity index (χ0n) is 9.01. The van der Waals surface area contributed by atoms with E-state index in [4.69, 9.17) is 16.3 Å². The maximum Gasteiger partial charge on any atom is 0.138 e. The monoisotopic (exact) mass is 212 g/mol. The van der Waals surface area contributed by atoms with E-state index in [1.807, 2.05) is 25.1 Å². The van der Waals surface area contributed by atoms with Gasteiger partial charge in [0.1, 0.15) is 5.75 Å². The van der Waals surface area contributed by atoms with Gasteiger partial charge in [0.05, 0.1) is 11.1 Å². The molecule has 0 heterocycles. The van der Waals surface area contributed by atoms with Crippen LogP contribution in [0.2, 0.25) is 5.02 Å². The summed E-state index contributed by atoms with van der Waals surface area (Å²) in [7, 11) is 0. The van der Waals surface area contributed by atoms with E-state index < -0.39 is 0 Å². The lowest BCUT2D eigenvalue weighted by Crippen LogP contribution is -2.11. The lowest BCUT2D eigenvalue weighted by Gasteiger charge is -2.14. The van der Waals surface area contributed by atoms with Crippen molar-refractivity contribution in [3.63, 3.8) is 0 Å².